The average Bonchev–Trinajstić information content (AvgIpc) is 2.28. The number of hydrogen-bond acceptors (Lipinski definition) is 1. The van der Waals surface area contributed by atoms with Gasteiger partial charge in [-0.2, -0.15) is 0 Å². The van der Waals surface area contributed by atoms with Crippen LogP contribution in [0.1, 0.15) is 31.4 Å². The molecular weight excluding hydrogens is 208 g/mol. The maximum atomic E-state index is 8.30. The van der Waals surface area contributed by atoms with Crippen LogP contribution >= 0.6 is 0 Å². The van der Waals surface area contributed by atoms with E-state index in [0.29, 0.717) is 17.7 Å². The standard InChI is InChI=1S/C15H22N2/c1-11-4-6-14(7-5-11)15(16)17-9-12(2)8-13(3)10-17/h4-7,12-13,16H,8-10H2,1-3H3. The number of amidine groups is 1. The van der Waals surface area contributed by atoms with Gasteiger partial charge in [-0.1, -0.05) is 43.7 Å². The Hall–Kier alpha value is -1.31. The molecule has 0 aromatic heterocycles. The van der Waals surface area contributed by atoms with Gasteiger partial charge in [-0.25, -0.2) is 0 Å². The summed E-state index contributed by atoms with van der Waals surface area (Å²) in [5.74, 6) is 2.08. The zero-order valence-electron chi connectivity index (χ0n) is 11.0. The molecule has 2 atom stereocenters. The first-order valence-electron chi connectivity index (χ1n) is 6.47. The SMILES string of the molecule is Cc1ccc(C(=N)N2CC(C)CC(C)C2)cc1. The summed E-state index contributed by atoms with van der Waals surface area (Å²) in [5.41, 5.74) is 2.29. The fraction of sp³-hybridized carbons (Fsp3) is 0.533. The van der Waals surface area contributed by atoms with Crippen LogP contribution in [-0.2, 0) is 0 Å². The first-order valence-corrected chi connectivity index (χ1v) is 6.47. The molecule has 2 unspecified atom stereocenters. The van der Waals surface area contributed by atoms with Crippen molar-refractivity contribution in [2.75, 3.05) is 13.1 Å². The van der Waals surface area contributed by atoms with E-state index in [1.54, 1.807) is 0 Å². The van der Waals surface area contributed by atoms with E-state index in [-0.39, 0.29) is 0 Å². The van der Waals surface area contributed by atoms with Crippen LogP contribution < -0.4 is 0 Å². The Morgan fingerprint density at radius 1 is 1.12 bits per heavy atom. The second kappa shape index (κ2) is 4.91. The molecule has 1 aliphatic rings. The lowest BCUT2D eigenvalue weighted by atomic mass is 9.91. The summed E-state index contributed by atoms with van der Waals surface area (Å²) >= 11 is 0. The second-order valence-electron chi connectivity index (χ2n) is 5.57. The number of benzene rings is 1. The van der Waals surface area contributed by atoms with Gasteiger partial charge in [0.15, 0.2) is 0 Å². The zero-order valence-corrected chi connectivity index (χ0v) is 11.0. The predicted octanol–water partition coefficient (Wildman–Crippen LogP) is 3.30. The van der Waals surface area contributed by atoms with Crippen molar-refractivity contribution in [1.29, 1.82) is 5.41 Å². The molecule has 0 amide bonds. The van der Waals surface area contributed by atoms with E-state index in [1.165, 1.54) is 12.0 Å². The normalized spacial score (nSPS) is 24.8. The second-order valence-corrected chi connectivity index (χ2v) is 5.57. The van der Waals surface area contributed by atoms with E-state index >= 15 is 0 Å². The molecule has 1 heterocycles. The largest absolute Gasteiger partial charge is 0.356 e. The summed E-state index contributed by atoms with van der Waals surface area (Å²) in [7, 11) is 0. The lowest BCUT2D eigenvalue weighted by Crippen LogP contribution is -2.42. The smallest absolute Gasteiger partial charge is 0.128 e. The van der Waals surface area contributed by atoms with Crippen LogP contribution in [-0.4, -0.2) is 23.8 Å². The van der Waals surface area contributed by atoms with Crippen molar-refractivity contribution in [3.8, 4) is 0 Å². The van der Waals surface area contributed by atoms with Crippen molar-refractivity contribution in [2.45, 2.75) is 27.2 Å². The van der Waals surface area contributed by atoms with Crippen molar-refractivity contribution >= 4 is 5.84 Å². The van der Waals surface area contributed by atoms with E-state index in [4.69, 9.17) is 5.41 Å². The van der Waals surface area contributed by atoms with Gasteiger partial charge in [0.1, 0.15) is 5.84 Å². The van der Waals surface area contributed by atoms with Crippen molar-refractivity contribution in [3.05, 3.63) is 35.4 Å². The number of likely N-dealkylation sites (tertiary alicyclic amines) is 1. The maximum absolute atomic E-state index is 8.30. The highest BCUT2D eigenvalue weighted by atomic mass is 15.2. The van der Waals surface area contributed by atoms with Gasteiger partial charge in [0.05, 0.1) is 0 Å². The van der Waals surface area contributed by atoms with Crippen LogP contribution in [0.25, 0.3) is 0 Å². The molecule has 0 aliphatic carbocycles. The molecule has 1 aliphatic heterocycles. The Balaban J connectivity index is 2.11. The van der Waals surface area contributed by atoms with Crippen molar-refractivity contribution in [3.63, 3.8) is 0 Å². The van der Waals surface area contributed by atoms with Gasteiger partial charge in [-0.15, -0.1) is 0 Å². The molecule has 2 nitrogen and oxygen atoms in total. The minimum absolute atomic E-state index is 0.684. The quantitative estimate of drug-likeness (QED) is 0.581. The van der Waals surface area contributed by atoms with Gasteiger partial charge in [-0.3, -0.25) is 5.41 Å². The summed E-state index contributed by atoms with van der Waals surface area (Å²) < 4.78 is 0. The molecule has 1 aromatic carbocycles. The highest BCUT2D eigenvalue weighted by Crippen LogP contribution is 2.22. The van der Waals surface area contributed by atoms with Crippen LogP contribution in [0.3, 0.4) is 0 Å². The number of nitrogens with one attached hydrogen (secondary N) is 1. The molecule has 0 spiro atoms. The molecule has 17 heavy (non-hydrogen) atoms. The molecule has 92 valence electrons. The Morgan fingerprint density at radius 3 is 2.18 bits per heavy atom. The zero-order chi connectivity index (χ0) is 12.4. The van der Waals surface area contributed by atoms with E-state index in [9.17, 15) is 0 Å². The highest BCUT2D eigenvalue weighted by Gasteiger charge is 2.23. The minimum Gasteiger partial charge on any atom is -0.356 e. The molecule has 2 rings (SSSR count). The van der Waals surface area contributed by atoms with Gasteiger partial charge in [0.25, 0.3) is 0 Å². The molecule has 1 aromatic rings. The number of nitrogens with zero attached hydrogens (tertiary/aromatic N) is 1. The third kappa shape index (κ3) is 2.87. The third-order valence-electron chi connectivity index (χ3n) is 3.51. The molecule has 1 N–H and O–H groups in total. The van der Waals surface area contributed by atoms with Gasteiger partial charge >= 0.3 is 0 Å². The Morgan fingerprint density at radius 2 is 1.65 bits per heavy atom. The van der Waals surface area contributed by atoms with Gasteiger partial charge < -0.3 is 4.90 Å². The summed E-state index contributed by atoms with van der Waals surface area (Å²) in [6.45, 7) is 8.70. The van der Waals surface area contributed by atoms with Crippen LogP contribution in [0.15, 0.2) is 24.3 Å². The van der Waals surface area contributed by atoms with E-state index in [1.807, 2.05) is 0 Å². The fourth-order valence-electron chi connectivity index (χ4n) is 2.74. The third-order valence-corrected chi connectivity index (χ3v) is 3.51. The lowest BCUT2D eigenvalue weighted by molar-refractivity contribution is 0.213. The number of piperidine rings is 1. The van der Waals surface area contributed by atoms with Gasteiger partial charge in [-0.05, 0) is 25.2 Å². The van der Waals surface area contributed by atoms with Crippen molar-refractivity contribution in [1.82, 2.24) is 4.90 Å². The Bertz CT molecular complexity index is 384. The first-order chi connectivity index (χ1) is 8.06. The van der Waals surface area contributed by atoms with Crippen LogP contribution in [0.4, 0.5) is 0 Å². The number of hydrogen-bond donors (Lipinski definition) is 1. The first kappa shape index (κ1) is 12.2. The molecular formula is C15H22N2. The summed E-state index contributed by atoms with van der Waals surface area (Å²) in [5, 5.41) is 8.30. The number of rotatable bonds is 1. The van der Waals surface area contributed by atoms with Crippen molar-refractivity contribution < 1.29 is 0 Å². The Kier molecular flexibility index (Phi) is 3.51. The molecule has 0 saturated carbocycles. The fourth-order valence-corrected chi connectivity index (χ4v) is 2.74. The highest BCUT2D eigenvalue weighted by molar-refractivity contribution is 5.96. The van der Waals surface area contributed by atoms with E-state index < -0.39 is 0 Å². The summed E-state index contributed by atoms with van der Waals surface area (Å²) in [4.78, 5) is 2.23. The molecule has 1 saturated heterocycles. The molecule has 1 fully saturated rings. The maximum Gasteiger partial charge on any atom is 0.128 e. The van der Waals surface area contributed by atoms with E-state index in [2.05, 4.69) is 49.9 Å². The molecule has 0 bridgehead atoms. The van der Waals surface area contributed by atoms with Crippen LogP contribution in [0.2, 0.25) is 0 Å². The average molecular weight is 230 g/mol. The molecule has 0 radical (unpaired) electrons. The Labute approximate surface area is 104 Å². The van der Waals surface area contributed by atoms with E-state index in [0.717, 1.165) is 18.7 Å². The summed E-state index contributed by atoms with van der Waals surface area (Å²) in [6.07, 6.45) is 1.29. The summed E-state index contributed by atoms with van der Waals surface area (Å²) in [6, 6.07) is 8.28. The topological polar surface area (TPSA) is 27.1 Å². The predicted molar refractivity (Wildman–Crippen MR) is 72.5 cm³/mol. The van der Waals surface area contributed by atoms with Gasteiger partial charge in [0.2, 0.25) is 0 Å². The number of aryl methyl sites for hydroxylation is 1. The van der Waals surface area contributed by atoms with Gasteiger partial charge in [0, 0.05) is 18.7 Å². The monoisotopic (exact) mass is 230 g/mol. The lowest BCUT2D eigenvalue weighted by Gasteiger charge is -2.36. The molecule has 2 heteroatoms. The van der Waals surface area contributed by atoms with Crippen LogP contribution in [0.5, 0.6) is 0 Å². The minimum atomic E-state index is 0.684. The van der Waals surface area contributed by atoms with Crippen molar-refractivity contribution in [2.24, 2.45) is 11.8 Å². The van der Waals surface area contributed by atoms with Crippen LogP contribution in [0, 0.1) is 24.2 Å².